The number of rotatable bonds is 7. The first-order valence-electron chi connectivity index (χ1n) is 7.56. The largest absolute Gasteiger partial charge is 0.491 e. The van der Waals surface area contributed by atoms with Crippen molar-refractivity contribution in [3.05, 3.63) is 35.3 Å². The molecule has 2 rings (SSSR count). The summed E-state index contributed by atoms with van der Waals surface area (Å²) in [6.45, 7) is 9.43. The Kier molecular flexibility index (Phi) is 5.76. The molecule has 21 heavy (non-hydrogen) atoms. The highest BCUT2D eigenvalue weighted by molar-refractivity contribution is 7.13. The van der Waals surface area contributed by atoms with Crippen molar-refractivity contribution in [3.63, 3.8) is 0 Å². The molecule has 0 fully saturated rings. The van der Waals surface area contributed by atoms with Gasteiger partial charge in [0.1, 0.15) is 10.8 Å². The van der Waals surface area contributed by atoms with Crippen LogP contribution in [0.1, 0.15) is 45.9 Å². The average molecular weight is 304 g/mol. The van der Waals surface area contributed by atoms with E-state index < -0.39 is 0 Å². The summed E-state index contributed by atoms with van der Waals surface area (Å²) in [5, 5.41) is 6.65. The zero-order valence-corrected chi connectivity index (χ0v) is 14.0. The van der Waals surface area contributed by atoms with E-state index in [2.05, 4.69) is 36.7 Å². The summed E-state index contributed by atoms with van der Waals surface area (Å²) in [4.78, 5) is 4.75. The van der Waals surface area contributed by atoms with Crippen molar-refractivity contribution in [2.75, 3.05) is 6.54 Å². The molecule has 0 bridgehead atoms. The first-order valence-corrected chi connectivity index (χ1v) is 8.44. The summed E-state index contributed by atoms with van der Waals surface area (Å²) in [5.74, 6) is 0.899. The van der Waals surface area contributed by atoms with Gasteiger partial charge < -0.3 is 10.1 Å². The number of nitrogens with one attached hydrogen (secondary N) is 1. The summed E-state index contributed by atoms with van der Waals surface area (Å²) < 4.78 is 5.75. The van der Waals surface area contributed by atoms with Crippen molar-refractivity contribution in [2.24, 2.45) is 0 Å². The Balaban J connectivity index is 2.13. The van der Waals surface area contributed by atoms with E-state index in [-0.39, 0.29) is 6.10 Å². The number of benzene rings is 1. The highest BCUT2D eigenvalue weighted by Crippen LogP contribution is 2.29. The summed E-state index contributed by atoms with van der Waals surface area (Å²) in [5.41, 5.74) is 2.23. The molecule has 1 unspecified atom stereocenters. The van der Waals surface area contributed by atoms with Crippen LogP contribution >= 0.6 is 11.3 Å². The second-order valence-corrected chi connectivity index (χ2v) is 6.31. The third kappa shape index (κ3) is 4.55. The van der Waals surface area contributed by atoms with E-state index in [0.717, 1.165) is 35.0 Å². The van der Waals surface area contributed by atoms with Gasteiger partial charge in [0.2, 0.25) is 0 Å². The smallest absolute Gasteiger partial charge is 0.123 e. The maximum Gasteiger partial charge on any atom is 0.123 e. The molecule has 0 aliphatic carbocycles. The molecular weight excluding hydrogens is 280 g/mol. The van der Waals surface area contributed by atoms with Crippen LogP contribution in [0.4, 0.5) is 0 Å². The summed E-state index contributed by atoms with van der Waals surface area (Å²) in [6.07, 6.45) is 1.32. The highest BCUT2D eigenvalue weighted by atomic mass is 32.1. The number of hydrogen-bond acceptors (Lipinski definition) is 4. The van der Waals surface area contributed by atoms with Crippen LogP contribution in [0.5, 0.6) is 5.75 Å². The first-order chi connectivity index (χ1) is 10.1. The van der Waals surface area contributed by atoms with Gasteiger partial charge in [-0.05, 0) is 45.9 Å². The number of nitrogens with zero attached hydrogens (tertiary/aromatic N) is 1. The zero-order chi connectivity index (χ0) is 15.2. The lowest BCUT2D eigenvalue weighted by molar-refractivity contribution is 0.242. The lowest BCUT2D eigenvalue weighted by Gasteiger charge is -2.10. The fourth-order valence-electron chi connectivity index (χ4n) is 2.06. The normalized spacial score (nSPS) is 12.6. The molecule has 3 nitrogen and oxygen atoms in total. The fourth-order valence-corrected chi connectivity index (χ4v) is 2.97. The third-order valence-electron chi connectivity index (χ3n) is 3.12. The molecule has 0 saturated carbocycles. The van der Waals surface area contributed by atoms with Crippen LogP contribution < -0.4 is 10.1 Å². The third-order valence-corrected chi connectivity index (χ3v) is 4.03. The molecule has 1 aromatic heterocycles. The molecule has 1 atom stereocenters. The second-order valence-electron chi connectivity index (χ2n) is 5.45. The minimum atomic E-state index is 0.186. The van der Waals surface area contributed by atoms with E-state index in [4.69, 9.17) is 9.72 Å². The van der Waals surface area contributed by atoms with Gasteiger partial charge in [0, 0.05) is 17.0 Å². The average Bonchev–Trinajstić information content (AvgIpc) is 2.94. The molecule has 0 radical (unpaired) electrons. The molecule has 4 heteroatoms. The van der Waals surface area contributed by atoms with E-state index in [9.17, 15) is 0 Å². The summed E-state index contributed by atoms with van der Waals surface area (Å²) in [6, 6.07) is 8.45. The van der Waals surface area contributed by atoms with Crippen molar-refractivity contribution in [2.45, 2.75) is 46.3 Å². The van der Waals surface area contributed by atoms with E-state index >= 15 is 0 Å². The monoisotopic (exact) mass is 304 g/mol. The number of hydrogen-bond donors (Lipinski definition) is 1. The number of thiazole rings is 1. The van der Waals surface area contributed by atoms with Gasteiger partial charge in [-0.1, -0.05) is 19.1 Å². The van der Waals surface area contributed by atoms with Crippen LogP contribution in [-0.2, 0) is 0 Å². The van der Waals surface area contributed by atoms with E-state index in [1.165, 1.54) is 0 Å². The van der Waals surface area contributed by atoms with Gasteiger partial charge in [0.15, 0.2) is 0 Å². The predicted molar refractivity (Wildman–Crippen MR) is 90.0 cm³/mol. The van der Waals surface area contributed by atoms with Crippen LogP contribution in [0.15, 0.2) is 29.6 Å². The first kappa shape index (κ1) is 16.0. The van der Waals surface area contributed by atoms with Crippen LogP contribution in [-0.4, -0.2) is 17.6 Å². The van der Waals surface area contributed by atoms with Gasteiger partial charge >= 0.3 is 0 Å². The standard InChI is InChI=1S/C17H24N2OS/c1-5-9-18-13(4)16-11-21-17(19-16)14-7-6-8-15(10-14)20-12(2)3/h6-8,10-13,18H,5,9H2,1-4H3. The van der Waals surface area contributed by atoms with Crippen molar-refractivity contribution in [1.29, 1.82) is 0 Å². The van der Waals surface area contributed by atoms with Gasteiger partial charge in [0.05, 0.1) is 11.8 Å². The molecule has 1 N–H and O–H groups in total. The molecule has 1 aromatic carbocycles. The minimum absolute atomic E-state index is 0.186. The Labute approximate surface area is 131 Å². The van der Waals surface area contributed by atoms with Gasteiger partial charge in [-0.15, -0.1) is 11.3 Å². The van der Waals surface area contributed by atoms with E-state index in [1.807, 2.05) is 26.0 Å². The van der Waals surface area contributed by atoms with Crippen LogP contribution in [0, 0.1) is 0 Å². The maximum atomic E-state index is 5.75. The molecule has 0 aliphatic rings. The van der Waals surface area contributed by atoms with Gasteiger partial charge in [-0.25, -0.2) is 4.98 Å². The van der Waals surface area contributed by atoms with Crippen molar-refractivity contribution >= 4 is 11.3 Å². The topological polar surface area (TPSA) is 34.1 Å². The van der Waals surface area contributed by atoms with E-state index in [0.29, 0.717) is 6.04 Å². The quantitative estimate of drug-likeness (QED) is 0.808. The van der Waals surface area contributed by atoms with Gasteiger partial charge in [-0.3, -0.25) is 0 Å². The van der Waals surface area contributed by atoms with Gasteiger partial charge in [0.25, 0.3) is 0 Å². The fraction of sp³-hybridized carbons (Fsp3) is 0.471. The molecule has 0 saturated heterocycles. The van der Waals surface area contributed by atoms with Gasteiger partial charge in [-0.2, -0.15) is 0 Å². The van der Waals surface area contributed by atoms with Crippen molar-refractivity contribution in [3.8, 4) is 16.3 Å². The molecule has 0 aliphatic heterocycles. The van der Waals surface area contributed by atoms with Crippen LogP contribution in [0.25, 0.3) is 10.6 Å². The Morgan fingerprint density at radius 3 is 2.81 bits per heavy atom. The maximum absolute atomic E-state index is 5.75. The molecular formula is C17H24N2OS. The Bertz CT molecular complexity index is 565. The van der Waals surface area contributed by atoms with Crippen LogP contribution in [0.3, 0.4) is 0 Å². The zero-order valence-electron chi connectivity index (χ0n) is 13.2. The summed E-state index contributed by atoms with van der Waals surface area (Å²) in [7, 11) is 0. The number of ether oxygens (including phenoxy) is 1. The second kappa shape index (κ2) is 7.57. The molecule has 0 spiro atoms. The minimum Gasteiger partial charge on any atom is -0.491 e. The summed E-state index contributed by atoms with van der Waals surface area (Å²) >= 11 is 1.69. The predicted octanol–water partition coefficient (Wildman–Crippen LogP) is 4.66. The van der Waals surface area contributed by atoms with E-state index in [1.54, 1.807) is 11.3 Å². The Hall–Kier alpha value is -1.39. The molecule has 114 valence electrons. The highest BCUT2D eigenvalue weighted by Gasteiger charge is 2.11. The molecule has 1 heterocycles. The number of aromatic nitrogens is 1. The lowest BCUT2D eigenvalue weighted by atomic mass is 10.2. The van der Waals surface area contributed by atoms with Crippen LogP contribution in [0.2, 0.25) is 0 Å². The lowest BCUT2D eigenvalue weighted by Crippen LogP contribution is -2.19. The SMILES string of the molecule is CCCNC(C)c1csc(-c2cccc(OC(C)C)c2)n1. The van der Waals surface area contributed by atoms with Crippen molar-refractivity contribution < 1.29 is 4.74 Å². The van der Waals surface area contributed by atoms with Crippen molar-refractivity contribution in [1.82, 2.24) is 10.3 Å². The molecule has 0 amide bonds. The molecule has 2 aromatic rings. The Morgan fingerprint density at radius 1 is 1.29 bits per heavy atom. The Morgan fingerprint density at radius 2 is 2.10 bits per heavy atom.